The van der Waals surface area contributed by atoms with Crippen LogP contribution in [0.4, 0.5) is 0 Å². The molecule has 8 heteroatoms. The molecule has 1 aliphatic carbocycles. The summed E-state index contributed by atoms with van der Waals surface area (Å²) in [7, 11) is -2.12. The van der Waals surface area contributed by atoms with Crippen LogP contribution in [0.15, 0.2) is 27.9 Å². The van der Waals surface area contributed by atoms with E-state index >= 15 is 0 Å². The molecule has 156 valence electrons. The van der Waals surface area contributed by atoms with Crippen molar-refractivity contribution in [1.29, 1.82) is 0 Å². The molecule has 7 nitrogen and oxygen atoms in total. The molecule has 0 bridgehead atoms. The fourth-order valence-electron chi connectivity index (χ4n) is 3.64. The van der Waals surface area contributed by atoms with Crippen LogP contribution in [-0.2, 0) is 9.16 Å². The summed E-state index contributed by atoms with van der Waals surface area (Å²) in [5.74, 6) is 0. The molecule has 1 aromatic rings. The summed E-state index contributed by atoms with van der Waals surface area (Å²) in [5.41, 5.74) is -1.51. The number of aromatic amines is 1. The number of rotatable bonds is 4. The molecule has 2 heterocycles. The van der Waals surface area contributed by atoms with Crippen molar-refractivity contribution in [2.75, 3.05) is 0 Å². The number of hydrogen-bond acceptors (Lipinski definition) is 5. The van der Waals surface area contributed by atoms with Gasteiger partial charge >= 0.3 is 5.69 Å². The third-order valence-corrected chi connectivity index (χ3v) is 10.9. The Morgan fingerprint density at radius 3 is 2.46 bits per heavy atom. The quantitative estimate of drug-likeness (QED) is 0.590. The predicted octanol–water partition coefficient (Wildman–Crippen LogP) is 2.60. The lowest BCUT2D eigenvalue weighted by molar-refractivity contribution is -0.132. The molecular formula is C20H32N2O5Si. The maximum absolute atomic E-state index is 12.4. The van der Waals surface area contributed by atoms with Crippen molar-refractivity contribution in [3.05, 3.63) is 44.8 Å². The molecule has 0 saturated carbocycles. The minimum atomic E-state index is -2.12. The van der Waals surface area contributed by atoms with E-state index in [2.05, 4.69) is 38.8 Å². The van der Waals surface area contributed by atoms with Crippen LogP contribution in [-0.4, -0.2) is 40.8 Å². The average molecular weight is 409 g/mol. The van der Waals surface area contributed by atoms with Gasteiger partial charge in [-0.1, -0.05) is 32.9 Å². The van der Waals surface area contributed by atoms with E-state index in [0.717, 1.165) is 0 Å². The lowest BCUT2D eigenvalue weighted by Gasteiger charge is -2.41. The molecule has 0 spiro atoms. The lowest BCUT2D eigenvalue weighted by atomic mass is 9.90. The maximum atomic E-state index is 12.4. The third kappa shape index (κ3) is 3.83. The van der Waals surface area contributed by atoms with E-state index in [1.165, 1.54) is 10.8 Å². The highest BCUT2D eigenvalue weighted by Crippen LogP contribution is 2.45. The molecule has 1 fully saturated rings. The molecule has 2 aliphatic rings. The molecule has 0 amide bonds. The van der Waals surface area contributed by atoms with Crippen LogP contribution in [0, 0.1) is 6.92 Å². The first-order valence-electron chi connectivity index (χ1n) is 9.87. The largest absolute Gasteiger partial charge is 0.411 e. The summed E-state index contributed by atoms with van der Waals surface area (Å²) in [6.45, 7) is 12.5. The van der Waals surface area contributed by atoms with E-state index in [-0.39, 0.29) is 11.1 Å². The molecule has 1 aliphatic heterocycles. The van der Waals surface area contributed by atoms with Crippen molar-refractivity contribution >= 4 is 8.32 Å². The molecule has 3 rings (SSSR count). The molecule has 1 aromatic heterocycles. The zero-order valence-electron chi connectivity index (χ0n) is 17.6. The summed E-state index contributed by atoms with van der Waals surface area (Å²) >= 11 is 0. The van der Waals surface area contributed by atoms with Gasteiger partial charge in [0.15, 0.2) is 8.32 Å². The fraction of sp³-hybridized carbons (Fsp3) is 0.700. The van der Waals surface area contributed by atoms with Crippen LogP contribution in [0.5, 0.6) is 0 Å². The van der Waals surface area contributed by atoms with Crippen molar-refractivity contribution in [2.45, 2.75) is 89.1 Å². The number of aryl methyl sites for hydroxylation is 1. The Labute approximate surface area is 166 Å². The normalized spacial score (nSPS) is 27.5. The Morgan fingerprint density at radius 2 is 1.89 bits per heavy atom. The fourth-order valence-corrected chi connectivity index (χ4v) is 4.97. The zero-order valence-corrected chi connectivity index (χ0v) is 18.6. The van der Waals surface area contributed by atoms with E-state index in [9.17, 15) is 14.7 Å². The Bertz CT molecular complexity index is 872. The number of H-pyrrole nitrogens is 1. The molecule has 0 aromatic carbocycles. The van der Waals surface area contributed by atoms with Gasteiger partial charge in [-0.05, 0) is 37.9 Å². The van der Waals surface area contributed by atoms with E-state index < -0.39 is 37.5 Å². The highest BCUT2D eigenvalue weighted by Gasteiger charge is 2.52. The van der Waals surface area contributed by atoms with Crippen molar-refractivity contribution < 1.29 is 14.3 Å². The number of nitrogens with one attached hydrogen (secondary N) is 1. The third-order valence-electron chi connectivity index (χ3n) is 6.42. The maximum Gasteiger partial charge on any atom is 0.330 e. The van der Waals surface area contributed by atoms with Gasteiger partial charge in [0, 0.05) is 18.2 Å². The van der Waals surface area contributed by atoms with Gasteiger partial charge in [-0.25, -0.2) is 4.79 Å². The van der Waals surface area contributed by atoms with Gasteiger partial charge in [0.2, 0.25) is 0 Å². The van der Waals surface area contributed by atoms with E-state index in [1.54, 1.807) is 6.92 Å². The number of aromatic nitrogens is 2. The van der Waals surface area contributed by atoms with Crippen molar-refractivity contribution in [3.63, 3.8) is 0 Å². The molecule has 2 N–H and O–H groups in total. The van der Waals surface area contributed by atoms with Crippen LogP contribution in [0.2, 0.25) is 18.1 Å². The zero-order chi connectivity index (χ0) is 20.9. The lowest BCUT2D eigenvalue weighted by Crippen LogP contribution is -2.52. The smallest absolute Gasteiger partial charge is 0.330 e. The van der Waals surface area contributed by atoms with E-state index in [4.69, 9.17) is 9.16 Å². The second-order valence-corrected chi connectivity index (χ2v) is 14.4. The van der Waals surface area contributed by atoms with Gasteiger partial charge in [-0.3, -0.25) is 14.3 Å². The summed E-state index contributed by atoms with van der Waals surface area (Å²) in [4.78, 5) is 26.4. The monoisotopic (exact) mass is 408 g/mol. The molecule has 0 radical (unpaired) electrons. The molecular weight excluding hydrogens is 376 g/mol. The van der Waals surface area contributed by atoms with Gasteiger partial charge in [-0.2, -0.15) is 0 Å². The molecule has 3 atom stereocenters. The van der Waals surface area contributed by atoms with Gasteiger partial charge in [0.05, 0.1) is 6.10 Å². The minimum absolute atomic E-state index is 0.0115. The number of ether oxygens (including phenoxy) is 1. The first-order chi connectivity index (χ1) is 12.8. The molecule has 0 unspecified atom stereocenters. The summed E-state index contributed by atoms with van der Waals surface area (Å²) in [5, 5.41) is 11.2. The first-order valence-corrected chi connectivity index (χ1v) is 12.8. The highest BCUT2D eigenvalue weighted by atomic mass is 28.4. The SMILES string of the molecule is Cc1cn([C@H]2C[C@@H](O[Si](C)(C)C(C)(C)C)[C@@H](C3(O)CC=CC3)O2)c(=O)[nH]c1=O. The minimum Gasteiger partial charge on any atom is -0.411 e. The number of aliphatic hydroxyl groups is 1. The summed E-state index contributed by atoms with van der Waals surface area (Å²) in [6, 6.07) is 0. The summed E-state index contributed by atoms with van der Waals surface area (Å²) in [6.07, 6.45) is 5.43. The average Bonchev–Trinajstić information content (AvgIpc) is 3.17. The Hall–Kier alpha value is -1.48. The van der Waals surface area contributed by atoms with Crippen LogP contribution in [0.25, 0.3) is 0 Å². The topological polar surface area (TPSA) is 93.6 Å². The highest BCUT2D eigenvalue weighted by molar-refractivity contribution is 6.74. The van der Waals surface area contributed by atoms with Gasteiger partial charge < -0.3 is 14.3 Å². The second-order valence-electron chi connectivity index (χ2n) is 9.63. The first kappa shape index (κ1) is 21.2. The Morgan fingerprint density at radius 1 is 1.29 bits per heavy atom. The molecule has 28 heavy (non-hydrogen) atoms. The van der Waals surface area contributed by atoms with E-state index in [0.29, 0.717) is 24.8 Å². The van der Waals surface area contributed by atoms with Crippen LogP contribution < -0.4 is 11.2 Å². The standard InChI is InChI=1S/C20H32N2O5Si/c1-13-12-22(18(24)21-17(13)23)15-11-14(27-28(5,6)19(2,3)4)16(26-15)20(25)9-7-8-10-20/h7-8,12,14-16,25H,9-11H2,1-6H3,(H,21,23,24)/t14-,15-,16+/m1/s1. The van der Waals surface area contributed by atoms with Crippen LogP contribution in [0.3, 0.4) is 0 Å². The number of hydrogen-bond donors (Lipinski definition) is 2. The van der Waals surface area contributed by atoms with Crippen molar-refractivity contribution in [1.82, 2.24) is 9.55 Å². The molecule has 1 saturated heterocycles. The second kappa shape index (κ2) is 7.09. The number of nitrogens with zero attached hydrogens (tertiary/aromatic N) is 1. The van der Waals surface area contributed by atoms with Gasteiger partial charge in [0.25, 0.3) is 5.56 Å². The Balaban J connectivity index is 1.94. The predicted molar refractivity (Wildman–Crippen MR) is 110 cm³/mol. The van der Waals surface area contributed by atoms with Crippen molar-refractivity contribution in [2.24, 2.45) is 0 Å². The van der Waals surface area contributed by atoms with Gasteiger partial charge in [0.1, 0.15) is 17.9 Å². The van der Waals surface area contributed by atoms with Crippen molar-refractivity contribution in [3.8, 4) is 0 Å². The van der Waals surface area contributed by atoms with Crippen LogP contribution in [0.1, 0.15) is 51.8 Å². The van der Waals surface area contributed by atoms with Crippen LogP contribution >= 0.6 is 0 Å². The Kier molecular flexibility index (Phi) is 5.37. The van der Waals surface area contributed by atoms with Gasteiger partial charge in [-0.15, -0.1) is 0 Å². The van der Waals surface area contributed by atoms with E-state index in [1.807, 2.05) is 12.2 Å². The summed E-state index contributed by atoms with van der Waals surface area (Å²) < 4.78 is 14.3.